The summed E-state index contributed by atoms with van der Waals surface area (Å²) >= 11 is 0. The highest BCUT2D eigenvalue weighted by Gasteiger charge is 2.38. The van der Waals surface area contributed by atoms with Crippen molar-refractivity contribution in [1.29, 1.82) is 0 Å². The number of piperidine rings is 1. The van der Waals surface area contributed by atoms with Crippen LogP contribution in [0.3, 0.4) is 0 Å². The first-order valence-electron chi connectivity index (χ1n) is 6.53. The second-order valence-electron chi connectivity index (χ2n) is 4.92. The Kier molecular flexibility index (Phi) is 3.87. The van der Waals surface area contributed by atoms with Gasteiger partial charge in [-0.25, -0.2) is 4.79 Å². The van der Waals surface area contributed by atoms with E-state index in [0.717, 1.165) is 17.7 Å². The fraction of sp³-hybridized carbons (Fsp3) is 0.615. The van der Waals surface area contributed by atoms with Gasteiger partial charge in [-0.2, -0.15) is 0 Å². The number of nitrogens with zero attached hydrogens (tertiary/aromatic N) is 3. The van der Waals surface area contributed by atoms with Gasteiger partial charge in [0, 0.05) is 26.2 Å². The zero-order valence-corrected chi connectivity index (χ0v) is 11.3. The van der Waals surface area contributed by atoms with Gasteiger partial charge in [-0.1, -0.05) is 6.08 Å². The van der Waals surface area contributed by atoms with Crippen LogP contribution in [0.2, 0.25) is 0 Å². The van der Waals surface area contributed by atoms with Gasteiger partial charge < -0.3 is 9.80 Å². The van der Waals surface area contributed by atoms with Crippen LogP contribution in [0.5, 0.6) is 0 Å². The molecule has 0 radical (unpaired) electrons. The van der Waals surface area contributed by atoms with Crippen molar-refractivity contribution in [3.63, 3.8) is 0 Å². The summed E-state index contributed by atoms with van der Waals surface area (Å²) < 4.78 is 0. The molecule has 104 valence electrons. The number of carbonyl (C=O) groups excluding carboxylic acids is 3. The summed E-state index contributed by atoms with van der Waals surface area (Å²) in [5.41, 5.74) is 0. The normalized spacial score (nSPS) is 21.9. The number of amides is 4. The van der Waals surface area contributed by atoms with E-state index < -0.39 is 0 Å². The first kappa shape index (κ1) is 13.6. The molecule has 0 saturated carbocycles. The highest BCUT2D eigenvalue weighted by atomic mass is 16.2. The van der Waals surface area contributed by atoms with Crippen LogP contribution in [0, 0.1) is 0 Å². The van der Waals surface area contributed by atoms with Crippen LogP contribution < -0.4 is 0 Å². The second kappa shape index (κ2) is 5.42. The predicted molar refractivity (Wildman–Crippen MR) is 69.3 cm³/mol. The predicted octanol–water partition coefficient (Wildman–Crippen LogP) is 0.448. The van der Waals surface area contributed by atoms with E-state index >= 15 is 0 Å². The number of urea groups is 1. The van der Waals surface area contributed by atoms with Gasteiger partial charge in [0.1, 0.15) is 6.54 Å². The summed E-state index contributed by atoms with van der Waals surface area (Å²) in [6.07, 6.45) is 4.75. The molecule has 0 atom stereocenters. The largest absolute Gasteiger partial charge is 0.339 e. The van der Waals surface area contributed by atoms with Crippen LogP contribution in [-0.4, -0.2) is 65.3 Å². The average molecular weight is 265 g/mol. The van der Waals surface area contributed by atoms with Gasteiger partial charge in [0.25, 0.3) is 0 Å². The number of imide groups is 1. The van der Waals surface area contributed by atoms with Gasteiger partial charge in [-0.15, -0.1) is 0 Å². The van der Waals surface area contributed by atoms with Crippen LogP contribution in [0.25, 0.3) is 0 Å². The molecule has 2 aliphatic heterocycles. The van der Waals surface area contributed by atoms with E-state index in [1.54, 1.807) is 22.0 Å². The molecule has 4 amide bonds. The Morgan fingerprint density at radius 3 is 2.37 bits per heavy atom. The van der Waals surface area contributed by atoms with E-state index in [2.05, 4.69) is 0 Å². The molecule has 2 aliphatic rings. The van der Waals surface area contributed by atoms with Crippen LogP contribution in [0.15, 0.2) is 12.2 Å². The summed E-state index contributed by atoms with van der Waals surface area (Å²) in [5, 5.41) is 0. The molecular formula is C13H19N3O3. The Bertz CT molecular complexity index is 425. The highest BCUT2D eigenvalue weighted by molar-refractivity contribution is 6.01. The lowest BCUT2D eigenvalue weighted by molar-refractivity contribution is -0.128. The quantitative estimate of drug-likeness (QED) is 0.538. The molecule has 0 spiro atoms. The van der Waals surface area contributed by atoms with Crippen molar-refractivity contribution in [2.45, 2.75) is 25.8 Å². The van der Waals surface area contributed by atoms with Crippen molar-refractivity contribution in [2.24, 2.45) is 0 Å². The number of hydrogen-bond acceptors (Lipinski definition) is 3. The van der Waals surface area contributed by atoms with E-state index in [1.165, 1.54) is 7.05 Å². The topological polar surface area (TPSA) is 60.9 Å². The molecule has 0 bridgehead atoms. The summed E-state index contributed by atoms with van der Waals surface area (Å²) in [5.74, 6) is -0.140. The molecule has 19 heavy (non-hydrogen) atoms. The van der Waals surface area contributed by atoms with Gasteiger partial charge in [-0.3, -0.25) is 14.5 Å². The average Bonchev–Trinajstić information content (AvgIpc) is 2.67. The minimum absolute atomic E-state index is 0.0156. The third-order valence-corrected chi connectivity index (χ3v) is 3.74. The molecule has 2 heterocycles. The minimum Gasteiger partial charge on any atom is -0.339 e. The molecule has 2 fully saturated rings. The number of likely N-dealkylation sites (tertiary alicyclic amines) is 1. The fourth-order valence-electron chi connectivity index (χ4n) is 2.55. The summed E-state index contributed by atoms with van der Waals surface area (Å²) in [6.45, 7) is 3.25. The van der Waals surface area contributed by atoms with Crippen LogP contribution >= 0.6 is 0 Å². The van der Waals surface area contributed by atoms with Crippen molar-refractivity contribution >= 4 is 17.8 Å². The maximum absolute atomic E-state index is 11.9. The SMILES string of the molecule is C/C=C/C(=O)N1CCC(N2CC(=O)N(C)C2=O)CC1. The first-order chi connectivity index (χ1) is 9.04. The van der Waals surface area contributed by atoms with Crippen LogP contribution in [-0.2, 0) is 9.59 Å². The number of allylic oxidation sites excluding steroid dienone is 1. The van der Waals surface area contributed by atoms with Crippen LogP contribution in [0.1, 0.15) is 19.8 Å². The van der Waals surface area contributed by atoms with Crippen molar-refractivity contribution in [2.75, 3.05) is 26.7 Å². The molecule has 0 aromatic carbocycles. The number of rotatable bonds is 2. The lowest BCUT2D eigenvalue weighted by Gasteiger charge is -2.35. The van der Waals surface area contributed by atoms with E-state index in [9.17, 15) is 14.4 Å². The van der Waals surface area contributed by atoms with E-state index in [4.69, 9.17) is 0 Å². The third kappa shape index (κ3) is 2.62. The van der Waals surface area contributed by atoms with E-state index in [-0.39, 0.29) is 30.4 Å². The zero-order chi connectivity index (χ0) is 14.0. The molecule has 0 N–H and O–H groups in total. The van der Waals surface area contributed by atoms with Gasteiger partial charge >= 0.3 is 6.03 Å². The lowest BCUT2D eigenvalue weighted by Crippen LogP contribution is -2.47. The fourth-order valence-corrected chi connectivity index (χ4v) is 2.55. The zero-order valence-electron chi connectivity index (χ0n) is 11.3. The lowest BCUT2D eigenvalue weighted by atomic mass is 10.0. The number of carbonyl (C=O) groups is 3. The molecule has 6 nitrogen and oxygen atoms in total. The smallest absolute Gasteiger partial charge is 0.327 e. The van der Waals surface area contributed by atoms with Crippen LogP contribution in [0.4, 0.5) is 4.79 Å². The third-order valence-electron chi connectivity index (χ3n) is 3.74. The summed E-state index contributed by atoms with van der Waals surface area (Å²) in [6, 6.07) is -0.153. The van der Waals surface area contributed by atoms with E-state index in [0.29, 0.717) is 13.1 Å². The molecule has 2 rings (SSSR count). The Hall–Kier alpha value is -1.85. The summed E-state index contributed by atoms with van der Waals surface area (Å²) in [4.78, 5) is 39.6. The molecule has 0 aromatic heterocycles. The second-order valence-corrected chi connectivity index (χ2v) is 4.92. The van der Waals surface area contributed by atoms with Crippen molar-refractivity contribution in [3.05, 3.63) is 12.2 Å². The van der Waals surface area contributed by atoms with Gasteiger partial charge in [0.05, 0.1) is 0 Å². The molecule has 0 aromatic rings. The Morgan fingerprint density at radius 2 is 1.89 bits per heavy atom. The molecular weight excluding hydrogens is 246 g/mol. The molecule has 0 unspecified atom stereocenters. The molecule has 2 saturated heterocycles. The first-order valence-corrected chi connectivity index (χ1v) is 6.53. The summed E-state index contributed by atoms with van der Waals surface area (Å²) in [7, 11) is 1.51. The monoisotopic (exact) mass is 265 g/mol. The number of likely N-dealkylation sites (N-methyl/N-ethyl adjacent to an activating group) is 1. The molecule has 6 heteroatoms. The van der Waals surface area contributed by atoms with Crippen molar-refractivity contribution in [3.8, 4) is 0 Å². The Labute approximate surface area is 112 Å². The van der Waals surface area contributed by atoms with Gasteiger partial charge in [0.2, 0.25) is 11.8 Å². The standard InChI is InChI=1S/C13H19N3O3/c1-3-4-11(17)15-7-5-10(6-8-15)16-9-12(18)14(2)13(16)19/h3-4,10H,5-9H2,1-2H3/b4-3+. The Morgan fingerprint density at radius 1 is 1.26 bits per heavy atom. The van der Waals surface area contributed by atoms with Crippen molar-refractivity contribution in [1.82, 2.24) is 14.7 Å². The number of hydrogen-bond donors (Lipinski definition) is 0. The molecule has 0 aliphatic carbocycles. The highest BCUT2D eigenvalue weighted by Crippen LogP contribution is 2.21. The maximum atomic E-state index is 11.9. The maximum Gasteiger partial charge on any atom is 0.327 e. The van der Waals surface area contributed by atoms with Gasteiger partial charge in [-0.05, 0) is 25.8 Å². The van der Waals surface area contributed by atoms with E-state index in [1.807, 2.05) is 6.92 Å². The minimum atomic E-state index is -0.219. The Balaban J connectivity index is 1.92. The van der Waals surface area contributed by atoms with Crippen molar-refractivity contribution < 1.29 is 14.4 Å². The van der Waals surface area contributed by atoms with Gasteiger partial charge in [0.15, 0.2) is 0 Å².